The molecule has 0 radical (unpaired) electrons. The predicted octanol–water partition coefficient (Wildman–Crippen LogP) is 4.17. The number of hydrogen-bond acceptors (Lipinski definition) is 5. The first-order chi connectivity index (χ1) is 14.9. The number of imide groups is 1. The molecule has 0 unspecified atom stereocenters. The molecule has 7 nitrogen and oxygen atoms in total. The molecule has 2 aromatic carbocycles. The lowest BCUT2D eigenvalue weighted by atomic mass is 9.94. The average molecular weight is 485 g/mol. The van der Waals surface area contributed by atoms with E-state index < -0.39 is 18.5 Å². The summed E-state index contributed by atoms with van der Waals surface area (Å²) < 4.78 is 5.96. The minimum atomic E-state index is -0.731. The summed E-state index contributed by atoms with van der Waals surface area (Å²) in [6, 6.07) is 11.2. The number of ether oxygens (including phenoxy) is 1. The number of anilines is 1. The van der Waals surface area contributed by atoms with Crippen LogP contribution in [0, 0.1) is 0 Å². The van der Waals surface area contributed by atoms with Gasteiger partial charge in [0.2, 0.25) is 0 Å². The number of esters is 1. The summed E-state index contributed by atoms with van der Waals surface area (Å²) in [7, 11) is 0. The zero-order valence-corrected chi connectivity index (χ0v) is 18.3. The van der Waals surface area contributed by atoms with Gasteiger partial charge in [-0.05, 0) is 55.3 Å². The summed E-state index contributed by atoms with van der Waals surface area (Å²) in [6.07, 6.45) is 4.74. The second-order valence-electron chi connectivity index (χ2n) is 7.66. The number of hydrogen-bond donors (Lipinski definition) is 1. The average Bonchev–Trinajstić information content (AvgIpc) is 3.04. The van der Waals surface area contributed by atoms with Gasteiger partial charge in [-0.1, -0.05) is 35.2 Å². The largest absolute Gasteiger partial charge is 0.452 e. The fourth-order valence-electron chi connectivity index (χ4n) is 4.00. The number of amides is 3. The zero-order chi connectivity index (χ0) is 22.0. The normalized spacial score (nSPS) is 16.2. The second-order valence-corrected chi connectivity index (χ2v) is 8.58. The van der Waals surface area contributed by atoms with Crippen LogP contribution < -0.4 is 5.32 Å². The van der Waals surface area contributed by atoms with Gasteiger partial charge >= 0.3 is 5.97 Å². The fourth-order valence-corrected chi connectivity index (χ4v) is 4.27. The molecule has 1 heterocycles. The summed E-state index contributed by atoms with van der Waals surface area (Å²) in [5.74, 6) is -1.88. The number of nitrogens with zero attached hydrogens (tertiary/aromatic N) is 1. The van der Waals surface area contributed by atoms with Crippen LogP contribution in [-0.2, 0) is 9.53 Å². The van der Waals surface area contributed by atoms with E-state index in [1.165, 1.54) is 23.1 Å². The third-order valence-electron chi connectivity index (χ3n) is 5.56. The van der Waals surface area contributed by atoms with Crippen molar-refractivity contribution in [3.8, 4) is 0 Å². The first-order valence-electron chi connectivity index (χ1n) is 10.2. The summed E-state index contributed by atoms with van der Waals surface area (Å²) in [5, 5.41) is 2.63. The van der Waals surface area contributed by atoms with Crippen LogP contribution >= 0.6 is 15.9 Å². The lowest BCUT2D eigenvalue weighted by Gasteiger charge is -2.29. The number of benzene rings is 2. The summed E-state index contributed by atoms with van der Waals surface area (Å²) in [6.45, 7) is -0.465. The topological polar surface area (TPSA) is 92.8 Å². The number of rotatable bonds is 5. The molecule has 1 aliphatic carbocycles. The van der Waals surface area contributed by atoms with Gasteiger partial charge in [0.05, 0.1) is 16.7 Å². The molecule has 2 aliphatic rings. The maximum atomic E-state index is 12.9. The van der Waals surface area contributed by atoms with Gasteiger partial charge in [-0.15, -0.1) is 0 Å². The van der Waals surface area contributed by atoms with Crippen molar-refractivity contribution in [2.45, 2.75) is 38.1 Å². The molecule has 2 aromatic rings. The quantitative estimate of drug-likeness (QED) is 0.507. The molecule has 4 rings (SSSR count). The van der Waals surface area contributed by atoms with Gasteiger partial charge in [-0.25, -0.2) is 4.79 Å². The van der Waals surface area contributed by atoms with E-state index in [2.05, 4.69) is 21.2 Å². The van der Waals surface area contributed by atoms with Crippen molar-refractivity contribution < 1.29 is 23.9 Å². The van der Waals surface area contributed by atoms with E-state index in [1.807, 2.05) is 0 Å². The van der Waals surface area contributed by atoms with Gasteiger partial charge < -0.3 is 10.1 Å². The lowest BCUT2D eigenvalue weighted by Crippen LogP contribution is -2.40. The van der Waals surface area contributed by atoms with Crippen molar-refractivity contribution in [1.82, 2.24) is 4.90 Å². The van der Waals surface area contributed by atoms with Gasteiger partial charge in [0.25, 0.3) is 17.7 Å². The number of nitrogens with one attached hydrogen (secondary N) is 1. The molecule has 0 spiro atoms. The van der Waals surface area contributed by atoms with Gasteiger partial charge in [0, 0.05) is 16.2 Å². The molecule has 3 amide bonds. The molecular formula is C23H21BrN2O5. The number of carbonyl (C=O) groups is 4. The third kappa shape index (κ3) is 4.54. The SMILES string of the molecule is O=C(COC(=O)c1ccc2c(c1)C(=O)N(C1CCCCC1)C2=O)Nc1ccc(Br)cc1. The number of fused-ring (bicyclic) bond motifs is 1. The highest BCUT2D eigenvalue weighted by Gasteiger charge is 2.40. The summed E-state index contributed by atoms with van der Waals surface area (Å²) in [5.41, 5.74) is 1.22. The van der Waals surface area contributed by atoms with E-state index in [-0.39, 0.29) is 29.0 Å². The molecule has 1 fully saturated rings. The molecule has 1 saturated carbocycles. The molecule has 160 valence electrons. The number of halogens is 1. The minimum Gasteiger partial charge on any atom is -0.452 e. The van der Waals surface area contributed by atoms with E-state index >= 15 is 0 Å². The fraction of sp³-hybridized carbons (Fsp3) is 0.304. The van der Waals surface area contributed by atoms with Crippen LogP contribution in [0.15, 0.2) is 46.9 Å². The van der Waals surface area contributed by atoms with E-state index in [0.717, 1.165) is 36.6 Å². The first kappa shape index (κ1) is 21.2. The van der Waals surface area contributed by atoms with Crippen molar-refractivity contribution in [2.75, 3.05) is 11.9 Å². The Morgan fingerprint density at radius 2 is 1.65 bits per heavy atom. The van der Waals surface area contributed by atoms with Crippen LogP contribution in [0.5, 0.6) is 0 Å². The molecule has 0 aromatic heterocycles. The van der Waals surface area contributed by atoms with E-state index in [0.29, 0.717) is 11.3 Å². The number of carbonyl (C=O) groups excluding carboxylic acids is 4. The maximum absolute atomic E-state index is 12.9. The highest BCUT2D eigenvalue weighted by molar-refractivity contribution is 9.10. The first-order valence-corrected chi connectivity index (χ1v) is 11.0. The summed E-state index contributed by atoms with van der Waals surface area (Å²) >= 11 is 3.31. The molecule has 0 saturated heterocycles. The lowest BCUT2D eigenvalue weighted by molar-refractivity contribution is -0.119. The highest BCUT2D eigenvalue weighted by atomic mass is 79.9. The molecule has 31 heavy (non-hydrogen) atoms. The van der Waals surface area contributed by atoms with Gasteiger partial charge in [0.15, 0.2) is 6.61 Å². The van der Waals surface area contributed by atoms with Crippen molar-refractivity contribution >= 4 is 45.3 Å². The Morgan fingerprint density at radius 1 is 0.968 bits per heavy atom. The van der Waals surface area contributed by atoms with Crippen LogP contribution in [0.3, 0.4) is 0 Å². The second kappa shape index (κ2) is 9.01. The van der Waals surface area contributed by atoms with Gasteiger partial charge in [0.1, 0.15) is 0 Å². The van der Waals surface area contributed by atoms with Crippen LogP contribution in [-0.4, -0.2) is 41.2 Å². The summed E-state index contributed by atoms with van der Waals surface area (Å²) in [4.78, 5) is 51.4. The molecule has 1 N–H and O–H groups in total. The minimum absolute atomic E-state index is 0.0844. The third-order valence-corrected chi connectivity index (χ3v) is 6.08. The predicted molar refractivity (Wildman–Crippen MR) is 117 cm³/mol. The van der Waals surface area contributed by atoms with Crippen molar-refractivity contribution in [3.63, 3.8) is 0 Å². The van der Waals surface area contributed by atoms with Crippen LogP contribution in [0.25, 0.3) is 0 Å². The smallest absolute Gasteiger partial charge is 0.338 e. The van der Waals surface area contributed by atoms with Gasteiger partial charge in [-0.3, -0.25) is 19.3 Å². The Bertz CT molecular complexity index is 1040. The van der Waals surface area contributed by atoms with E-state index in [4.69, 9.17) is 4.74 Å². The standard InChI is InChI=1S/C23H21BrN2O5/c24-15-7-9-16(10-8-15)25-20(27)13-31-23(30)14-6-11-18-19(12-14)22(29)26(21(18)28)17-4-2-1-3-5-17/h6-12,17H,1-5,13H2,(H,25,27). The molecule has 0 atom stereocenters. The Labute approximate surface area is 187 Å². The van der Waals surface area contributed by atoms with E-state index in [1.54, 1.807) is 24.3 Å². The Morgan fingerprint density at radius 3 is 2.35 bits per heavy atom. The monoisotopic (exact) mass is 484 g/mol. The molecule has 1 aliphatic heterocycles. The van der Waals surface area contributed by atoms with Crippen molar-refractivity contribution in [2.24, 2.45) is 0 Å². The van der Waals surface area contributed by atoms with Crippen molar-refractivity contribution in [3.05, 3.63) is 63.6 Å². The van der Waals surface area contributed by atoms with Crippen LogP contribution in [0.4, 0.5) is 5.69 Å². The molecule has 0 bridgehead atoms. The zero-order valence-electron chi connectivity index (χ0n) is 16.7. The van der Waals surface area contributed by atoms with Gasteiger partial charge in [-0.2, -0.15) is 0 Å². The molecular weight excluding hydrogens is 464 g/mol. The van der Waals surface area contributed by atoms with Crippen LogP contribution in [0.1, 0.15) is 63.2 Å². The Hall–Kier alpha value is -3.00. The Balaban J connectivity index is 1.40. The Kier molecular flexibility index (Phi) is 6.18. The van der Waals surface area contributed by atoms with E-state index in [9.17, 15) is 19.2 Å². The van der Waals surface area contributed by atoms with Crippen LogP contribution in [0.2, 0.25) is 0 Å². The molecule has 8 heteroatoms. The highest BCUT2D eigenvalue weighted by Crippen LogP contribution is 2.31. The van der Waals surface area contributed by atoms with Crippen molar-refractivity contribution in [1.29, 1.82) is 0 Å². The maximum Gasteiger partial charge on any atom is 0.338 e.